The van der Waals surface area contributed by atoms with Crippen LogP contribution in [0.3, 0.4) is 0 Å². The minimum Gasteiger partial charge on any atom is -0.507 e. The smallest absolute Gasteiger partial charge is 0.127 e. The largest absolute Gasteiger partial charge is 0.507 e. The van der Waals surface area contributed by atoms with Gasteiger partial charge in [0.15, 0.2) is 0 Å². The van der Waals surface area contributed by atoms with Gasteiger partial charge in [0.05, 0.1) is 0 Å². The summed E-state index contributed by atoms with van der Waals surface area (Å²) in [5.41, 5.74) is 2.81. The normalized spacial score (nSPS) is 12.1. The van der Waals surface area contributed by atoms with Gasteiger partial charge in [0.2, 0.25) is 0 Å². The Bertz CT molecular complexity index is 720. The van der Waals surface area contributed by atoms with E-state index < -0.39 is 0 Å². The van der Waals surface area contributed by atoms with Gasteiger partial charge in [-0.15, -0.1) is 0 Å². The molecule has 0 aliphatic carbocycles. The zero-order chi connectivity index (χ0) is 17.4. The molecular weight excluding hydrogens is 308 g/mol. The summed E-state index contributed by atoms with van der Waals surface area (Å²) in [7, 11) is 4.08. The van der Waals surface area contributed by atoms with Crippen LogP contribution < -0.4 is 15.5 Å². The Hall–Kier alpha value is -1.60. The zero-order valence-electron chi connectivity index (χ0n) is 14.7. The molecule has 1 atom stereocenters. The Balaban J connectivity index is 2.52. The van der Waals surface area contributed by atoms with Crippen molar-refractivity contribution < 1.29 is 9.50 Å². The van der Waals surface area contributed by atoms with Gasteiger partial charge in [0.25, 0.3) is 0 Å². The molecule has 0 saturated carbocycles. The van der Waals surface area contributed by atoms with Gasteiger partial charge in [-0.1, -0.05) is 35.4 Å². The Morgan fingerprint density at radius 1 is 1.04 bits per heavy atom. The third-order valence-corrected chi connectivity index (χ3v) is 5.12. The van der Waals surface area contributed by atoms with Crippen molar-refractivity contribution in [2.45, 2.75) is 33.1 Å². The fraction of sp³-hybridized carbons (Fsp3) is 0.368. The van der Waals surface area contributed by atoms with Gasteiger partial charge < -0.3 is 10.0 Å². The summed E-state index contributed by atoms with van der Waals surface area (Å²) in [6.45, 7) is 8.33. The maximum Gasteiger partial charge on any atom is 0.127 e. The lowest BCUT2D eigenvalue weighted by Crippen LogP contribution is -2.20. The van der Waals surface area contributed by atoms with E-state index in [-0.39, 0.29) is 19.8 Å². The van der Waals surface area contributed by atoms with Crippen LogP contribution in [-0.4, -0.2) is 19.2 Å². The molecule has 2 aromatic rings. The standard InChI is InChI=1S/C19H25FNOP/c1-12-9-14(19(2,3)4)18(22)17(10-12)23-16-8-7-13(20)11-15(16)21(5)6/h7-11,22-23H,1-6H3. The van der Waals surface area contributed by atoms with Crippen LogP contribution in [0.5, 0.6) is 5.75 Å². The van der Waals surface area contributed by atoms with Crippen LogP contribution in [-0.2, 0) is 5.41 Å². The number of aromatic hydroxyl groups is 1. The predicted octanol–water partition coefficient (Wildman–Crippen LogP) is 3.83. The van der Waals surface area contributed by atoms with Crippen LogP contribution in [0.2, 0.25) is 0 Å². The fourth-order valence-corrected chi connectivity index (χ4v) is 4.00. The van der Waals surface area contributed by atoms with Crippen molar-refractivity contribution in [2.75, 3.05) is 19.0 Å². The second kappa shape index (κ2) is 6.49. The molecule has 4 heteroatoms. The quantitative estimate of drug-likeness (QED) is 0.863. The first kappa shape index (κ1) is 17.7. The summed E-state index contributed by atoms with van der Waals surface area (Å²) in [4.78, 5) is 1.91. The Kier molecular flexibility index (Phi) is 5.01. The summed E-state index contributed by atoms with van der Waals surface area (Å²) in [6.07, 6.45) is 0. The summed E-state index contributed by atoms with van der Waals surface area (Å²) < 4.78 is 13.5. The average molecular weight is 333 g/mol. The van der Waals surface area contributed by atoms with E-state index in [2.05, 4.69) is 20.8 Å². The van der Waals surface area contributed by atoms with Crippen molar-refractivity contribution >= 4 is 24.9 Å². The van der Waals surface area contributed by atoms with E-state index in [1.807, 2.05) is 44.1 Å². The molecule has 0 radical (unpaired) electrons. The maximum absolute atomic E-state index is 13.5. The van der Waals surface area contributed by atoms with Gasteiger partial charge in [0, 0.05) is 36.0 Å². The summed E-state index contributed by atoms with van der Waals surface area (Å²) in [6, 6.07) is 8.89. The monoisotopic (exact) mass is 333 g/mol. The van der Waals surface area contributed by atoms with E-state index >= 15 is 0 Å². The number of nitrogens with zero attached hydrogens (tertiary/aromatic N) is 1. The van der Waals surface area contributed by atoms with E-state index in [1.165, 1.54) is 6.07 Å². The molecule has 2 rings (SSSR count). The molecule has 2 aromatic carbocycles. The Morgan fingerprint density at radius 3 is 2.26 bits per heavy atom. The molecule has 0 amide bonds. The zero-order valence-corrected chi connectivity index (χ0v) is 15.7. The van der Waals surface area contributed by atoms with Gasteiger partial charge in [-0.3, -0.25) is 0 Å². The minimum atomic E-state index is -0.244. The average Bonchev–Trinajstić information content (AvgIpc) is 2.42. The second-order valence-corrected chi connectivity index (χ2v) is 8.47. The van der Waals surface area contributed by atoms with Crippen molar-refractivity contribution in [3.05, 3.63) is 47.3 Å². The molecule has 23 heavy (non-hydrogen) atoms. The van der Waals surface area contributed by atoms with Gasteiger partial charge in [-0.25, -0.2) is 4.39 Å². The minimum absolute atomic E-state index is 0.123. The molecule has 0 aromatic heterocycles. The Labute approximate surface area is 140 Å². The molecule has 0 aliphatic rings. The highest BCUT2D eigenvalue weighted by Crippen LogP contribution is 2.34. The van der Waals surface area contributed by atoms with Gasteiger partial charge in [-0.05, 0) is 42.2 Å². The van der Waals surface area contributed by atoms with Gasteiger partial charge in [0.1, 0.15) is 11.6 Å². The third-order valence-electron chi connectivity index (χ3n) is 3.77. The molecule has 124 valence electrons. The van der Waals surface area contributed by atoms with Crippen LogP contribution >= 0.6 is 8.58 Å². The van der Waals surface area contributed by atoms with E-state index in [4.69, 9.17) is 0 Å². The van der Waals surface area contributed by atoms with Crippen molar-refractivity contribution in [3.8, 4) is 5.75 Å². The number of phenolic OH excluding ortho intramolecular Hbond substituents is 1. The molecule has 0 heterocycles. The topological polar surface area (TPSA) is 23.5 Å². The third kappa shape index (κ3) is 4.03. The summed E-state index contributed by atoms with van der Waals surface area (Å²) >= 11 is 0. The second-order valence-electron chi connectivity index (χ2n) is 7.14. The van der Waals surface area contributed by atoms with Crippen LogP contribution in [0, 0.1) is 12.7 Å². The fourth-order valence-electron chi connectivity index (χ4n) is 2.57. The molecule has 1 unspecified atom stereocenters. The van der Waals surface area contributed by atoms with E-state index in [0.717, 1.165) is 27.4 Å². The van der Waals surface area contributed by atoms with Crippen LogP contribution in [0.1, 0.15) is 31.9 Å². The highest BCUT2D eigenvalue weighted by atomic mass is 31.1. The van der Waals surface area contributed by atoms with Crippen molar-refractivity contribution in [2.24, 2.45) is 0 Å². The van der Waals surface area contributed by atoms with E-state index in [1.54, 1.807) is 6.07 Å². The van der Waals surface area contributed by atoms with Crippen LogP contribution in [0.15, 0.2) is 30.3 Å². The van der Waals surface area contributed by atoms with Crippen LogP contribution in [0.4, 0.5) is 10.1 Å². The van der Waals surface area contributed by atoms with Gasteiger partial charge >= 0.3 is 0 Å². The van der Waals surface area contributed by atoms with Crippen LogP contribution in [0.25, 0.3) is 0 Å². The first-order chi connectivity index (χ1) is 10.6. The SMILES string of the molecule is Cc1cc(Pc2ccc(F)cc2N(C)C)c(O)c(C(C)(C)C)c1. The summed E-state index contributed by atoms with van der Waals surface area (Å²) in [5.74, 6) is 0.113. The lowest BCUT2D eigenvalue weighted by Gasteiger charge is -2.24. The van der Waals surface area contributed by atoms with Crippen molar-refractivity contribution in [1.29, 1.82) is 0 Å². The first-order valence-electron chi connectivity index (χ1n) is 7.67. The number of rotatable bonds is 3. The number of halogens is 1. The highest BCUT2D eigenvalue weighted by molar-refractivity contribution is 7.56. The number of anilines is 1. The number of hydrogen-bond acceptors (Lipinski definition) is 2. The molecular formula is C19H25FNOP. The van der Waals surface area contributed by atoms with Crippen molar-refractivity contribution in [1.82, 2.24) is 0 Å². The molecule has 2 nitrogen and oxygen atoms in total. The lowest BCUT2D eigenvalue weighted by atomic mass is 9.85. The molecule has 0 spiro atoms. The Morgan fingerprint density at radius 2 is 1.70 bits per heavy atom. The molecule has 0 aliphatic heterocycles. The first-order valence-corrected chi connectivity index (χ1v) is 8.67. The van der Waals surface area contributed by atoms with Gasteiger partial charge in [-0.2, -0.15) is 0 Å². The number of phenols is 1. The molecule has 0 fully saturated rings. The molecule has 1 N–H and O–H groups in total. The highest BCUT2D eigenvalue weighted by Gasteiger charge is 2.21. The van der Waals surface area contributed by atoms with E-state index in [0.29, 0.717) is 5.75 Å². The molecule has 0 bridgehead atoms. The molecule has 0 saturated heterocycles. The summed E-state index contributed by atoms with van der Waals surface area (Å²) in [5, 5.41) is 12.6. The number of hydrogen-bond donors (Lipinski definition) is 1. The number of benzene rings is 2. The predicted molar refractivity (Wildman–Crippen MR) is 99.9 cm³/mol. The lowest BCUT2D eigenvalue weighted by molar-refractivity contribution is 0.450. The van der Waals surface area contributed by atoms with Crippen molar-refractivity contribution in [3.63, 3.8) is 0 Å². The number of aryl methyl sites for hydroxylation is 1. The van der Waals surface area contributed by atoms with E-state index in [9.17, 15) is 9.50 Å². The maximum atomic E-state index is 13.5.